The molecule has 0 saturated heterocycles. The number of nitro groups is 1. The molecule has 1 amide bonds. The first-order chi connectivity index (χ1) is 12.4. The molecule has 0 atom stereocenters. The summed E-state index contributed by atoms with van der Waals surface area (Å²) in [5.41, 5.74) is 0.949. The number of amides is 1. The first kappa shape index (κ1) is 17.6. The van der Waals surface area contributed by atoms with Gasteiger partial charge < -0.3 is 14.0 Å². The molecule has 0 bridgehead atoms. The number of fused-ring (bicyclic) bond motifs is 1. The maximum atomic E-state index is 12.6. The average Bonchev–Trinajstić information content (AvgIpc) is 2.96. The van der Waals surface area contributed by atoms with Gasteiger partial charge in [0.1, 0.15) is 11.5 Å². The molecule has 0 unspecified atom stereocenters. The molecular formula is C17H15N3O5S. The molecule has 26 heavy (non-hydrogen) atoms. The van der Waals surface area contributed by atoms with Crippen molar-refractivity contribution in [3.8, 4) is 11.5 Å². The molecule has 0 aliphatic heterocycles. The van der Waals surface area contributed by atoms with Crippen molar-refractivity contribution in [3.05, 3.63) is 56.9 Å². The number of non-ortho nitro benzene ring substituents is 1. The maximum absolute atomic E-state index is 12.6. The van der Waals surface area contributed by atoms with Crippen LogP contribution in [0.2, 0.25) is 0 Å². The Labute approximate surface area is 152 Å². The van der Waals surface area contributed by atoms with Crippen molar-refractivity contribution in [2.24, 2.45) is 12.0 Å². The Hall–Kier alpha value is -3.20. The van der Waals surface area contributed by atoms with Crippen LogP contribution in [0.5, 0.6) is 11.5 Å². The SMILES string of the molecule is COc1cc(OC)cc(C(=O)N=c2sc3ccc([N+](=O)[O-])cc3n2C)c1. The molecule has 0 aliphatic rings. The van der Waals surface area contributed by atoms with Gasteiger partial charge in [0.2, 0.25) is 0 Å². The van der Waals surface area contributed by atoms with Gasteiger partial charge in [-0.3, -0.25) is 14.9 Å². The van der Waals surface area contributed by atoms with E-state index < -0.39 is 10.8 Å². The van der Waals surface area contributed by atoms with Gasteiger partial charge in [-0.15, -0.1) is 0 Å². The number of rotatable bonds is 4. The molecule has 2 aromatic carbocycles. The molecule has 0 saturated carbocycles. The molecule has 8 nitrogen and oxygen atoms in total. The molecule has 0 N–H and O–H groups in total. The predicted octanol–water partition coefficient (Wildman–Crippen LogP) is 2.91. The number of nitrogens with zero attached hydrogens (tertiary/aromatic N) is 3. The van der Waals surface area contributed by atoms with Gasteiger partial charge in [-0.25, -0.2) is 0 Å². The van der Waals surface area contributed by atoms with E-state index in [-0.39, 0.29) is 5.69 Å². The van der Waals surface area contributed by atoms with Gasteiger partial charge in [0.25, 0.3) is 11.6 Å². The summed E-state index contributed by atoms with van der Waals surface area (Å²) in [6, 6.07) is 9.35. The highest BCUT2D eigenvalue weighted by molar-refractivity contribution is 7.16. The zero-order valence-electron chi connectivity index (χ0n) is 14.3. The number of hydrogen-bond acceptors (Lipinski definition) is 6. The molecule has 0 aliphatic carbocycles. The average molecular weight is 373 g/mol. The third kappa shape index (κ3) is 3.29. The van der Waals surface area contributed by atoms with E-state index in [0.29, 0.717) is 27.4 Å². The summed E-state index contributed by atoms with van der Waals surface area (Å²) in [6.45, 7) is 0. The topological polar surface area (TPSA) is 96.0 Å². The van der Waals surface area contributed by atoms with E-state index >= 15 is 0 Å². The lowest BCUT2D eigenvalue weighted by molar-refractivity contribution is -0.384. The van der Waals surface area contributed by atoms with E-state index in [0.717, 1.165) is 4.70 Å². The highest BCUT2D eigenvalue weighted by Crippen LogP contribution is 2.24. The van der Waals surface area contributed by atoms with E-state index in [1.807, 2.05) is 0 Å². The van der Waals surface area contributed by atoms with E-state index in [1.165, 1.54) is 37.7 Å². The van der Waals surface area contributed by atoms with E-state index in [4.69, 9.17) is 9.47 Å². The van der Waals surface area contributed by atoms with Crippen molar-refractivity contribution < 1.29 is 19.2 Å². The van der Waals surface area contributed by atoms with Gasteiger partial charge in [-0.2, -0.15) is 4.99 Å². The highest BCUT2D eigenvalue weighted by Gasteiger charge is 2.13. The van der Waals surface area contributed by atoms with Crippen LogP contribution in [0.25, 0.3) is 10.2 Å². The first-order valence-corrected chi connectivity index (χ1v) is 8.30. The quantitative estimate of drug-likeness (QED) is 0.517. The predicted molar refractivity (Wildman–Crippen MR) is 96.9 cm³/mol. The van der Waals surface area contributed by atoms with Crippen LogP contribution in [-0.4, -0.2) is 29.6 Å². The summed E-state index contributed by atoms with van der Waals surface area (Å²) in [5, 5.41) is 10.9. The fourth-order valence-electron chi connectivity index (χ4n) is 2.42. The smallest absolute Gasteiger partial charge is 0.279 e. The fourth-order valence-corrected chi connectivity index (χ4v) is 3.41. The minimum Gasteiger partial charge on any atom is -0.497 e. The number of thiazole rings is 1. The second-order valence-electron chi connectivity index (χ2n) is 5.37. The lowest BCUT2D eigenvalue weighted by atomic mass is 10.2. The Bertz CT molecular complexity index is 1060. The zero-order valence-corrected chi connectivity index (χ0v) is 15.1. The Morgan fingerprint density at radius 3 is 2.38 bits per heavy atom. The summed E-state index contributed by atoms with van der Waals surface area (Å²) < 4.78 is 12.8. The third-order valence-electron chi connectivity index (χ3n) is 3.80. The number of aryl methyl sites for hydroxylation is 1. The largest absolute Gasteiger partial charge is 0.497 e. The Morgan fingerprint density at radius 2 is 1.81 bits per heavy atom. The van der Waals surface area contributed by atoms with Crippen molar-refractivity contribution in [3.63, 3.8) is 0 Å². The molecule has 3 aromatic rings. The summed E-state index contributed by atoms with van der Waals surface area (Å²) in [6.07, 6.45) is 0. The fraction of sp³-hybridized carbons (Fsp3) is 0.176. The van der Waals surface area contributed by atoms with Gasteiger partial charge in [0.15, 0.2) is 4.80 Å². The minimum absolute atomic E-state index is 0.0127. The van der Waals surface area contributed by atoms with Crippen molar-refractivity contribution in [1.29, 1.82) is 0 Å². The summed E-state index contributed by atoms with van der Waals surface area (Å²) in [4.78, 5) is 27.6. The summed E-state index contributed by atoms with van der Waals surface area (Å²) in [7, 11) is 4.71. The lowest BCUT2D eigenvalue weighted by Crippen LogP contribution is -2.13. The van der Waals surface area contributed by atoms with Crippen LogP contribution < -0.4 is 14.3 Å². The number of hydrogen-bond donors (Lipinski definition) is 0. The van der Waals surface area contributed by atoms with Crippen molar-refractivity contribution in [2.75, 3.05) is 14.2 Å². The number of carbonyl (C=O) groups excluding carboxylic acids is 1. The number of aromatic nitrogens is 1. The van der Waals surface area contributed by atoms with Gasteiger partial charge >= 0.3 is 0 Å². The number of nitro benzene ring substituents is 1. The molecular weight excluding hydrogens is 358 g/mol. The number of ether oxygens (including phenoxy) is 2. The van der Waals surface area contributed by atoms with Gasteiger partial charge in [0, 0.05) is 30.8 Å². The minimum atomic E-state index is -0.459. The van der Waals surface area contributed by atoms with E-state index in [2.05, 4.69) is 4.99 Å². The monoisotopic (exact) mass is 373 g/mol. The number of benzene rings is 2. The van der Waals surface area contributed by atoms with Crippen LogP contribution in [0.15, 0.2) is 41.4 Å². The van der Waals surface area contributed by atoms with Crippen LogP contribution in [-0.2, 0) is 7.05 Å². The molecule has 1 aromatic heterocycles. The van der Waals surface area contributed by atoms with Crippen LogP contribution >= 0.6 is 11.3 Å². The van der Waals surface area contributed by atoms with E-state index in [1.54, 1.807) is 35.9 Å². The van der Waals surface area contributed by atoms with Crippen LogP contribution in [0.4, 0.5) is 5.69 Å². The van der Waals surface area contributed by atoms with Gasteiger partial charge in [0.05, 0.1) is 29.4 Å². The molecule has 3 rings (SSSR count). The lowest BCUT2D eigenvalue weighted by Gasteiger charge is -2.05. The summed E-state index contributed by atoms with van der Waals surface area (Å²) >= 11 is 1.28. The maximum Gasteiger partial charge on any atom is 0.279 e. The van der Waals surface area contributed by atoms with Crippen molar-refractivity contribution in [1.82, 2.24) is 4.57 Å². The van der Waals surface area contributed by atoms with Crippen LogP contribution in [0.3, 0.4) is 0 Å². The molecule has 9 heteroatoms. The Morgan fingerprint density at radius 1 is 1.15 bits per heavy atom. The standard InChI is InChI=1S/C17H15N3O5S/c1-19-14-8-11(20(22)23)4-5-15(14)26-17(19)18-16(21)10-6-12(24-2)9-13(7-10)25-3/h4-9H,1-3H3. The highest BCUT2D eigenvalue weighted by atomic mass is 32.1. The van der Waals surface area contributed by atoms with E-state index in [9.17, 15) is 14.9 Å². The Kier molecular flexibility index (Phi) is 4.72. The van der Waals surface area contributed by atoms with Crippen molar-refractivity contribution >= 4 is 33.1 Å². The van der Waals surface area contributed by atoms with Crippen LogP contribution in [0.1, 0.15) is 10.4 Å². The van der Waals surface area contributed by atoms with Gasteiger partial charge in [-0.1, -0.05) is 11.3 Å². The third-order valence-corrected chi connectivity index (χ3v) is 4.91. The van der Waals surface area contributed by atoms with Gasteiger partial charge in [-0.05, 0) is 18.2 Å². The molecule has 134 valence electrons. The normalized spacial score (nSPS) is 11.6. The van der Waals surface area contributed by atoms with Crippen LogP contribution in [0, 0.1) is 10.1 Å². The first-order valence-electron chi connectivity index (χ1n) is 7.49. The number of carbonyl (C=O) groups is 1. The molecule has 0 radical (unpaired) electrons. The Balaban J connectivity index is 2.08. The molecule has 1 heterocycles. The second-order valence-corrected chi connectivity index (χ2v) is 6.38. The molecule has 0 fully saturated rings. The van der Waals surface area contributed by atoms with Crippen molar-refractivity contribution in [2.45, 2.75) is 0 Å². The summed E-state index contributed by atoms with van der Waals surface area (Å²) in [5.74, 6) is 0.511. The second kappa shape index (κ2) is 6.96. The number of methoxy groups -OCH3 is 2. The molecule has 0 spiro atoms. The zero-order chi connectivity index (χ0) is 18.8.